The molecular weight excluding hydrogens is 1740 g/mol. The summed E-state index contributed by atoms with van der Waals surface area (Å²) in [5.41, 5.74) is 8.84. The smallest absolute Gasteiger partial charge is 0.278 e. The van der Waals surface area contributed by atoms with Crippen LogP contribution in [0.25, 0.3) is 0 Å². The van der Waals surface area contributed by atoms with E-state index in [-0.39, 0.29) is 0 Å². The molecule has 8 heterocycles. The van der Waals surface area contributed by atoms with Crippen LogP contribution in [0, 0.1) is 55.4 Å². The Labute approximate surface area is 792 Å². The van der Waals surface area contributed by atoms with E-state index in [1.165, 1.54) is 0 Å². The molecule has 0 atom stereocenters. The molecule has 40 heteroatoms. The Kier molecular flexibility index (Phi) is 50.6. The van der Waals surface area contributed by atoms with Gasteiger partial charge in [0.1, 0.15) is 79.2 Å². The molecule has 0 N–H and O–H groups in total. The van der Waals surface area contributed by atoms with Crippen LogP contribution < -0.4 is 76.7 Å². The zero-order valence-electron chi connectivity index (χ0n) is 78.8. The summed E-state index contributed by atoms with van der Waals surface area (Å²) in [5.74, 6) is 8.79. The molecular formula is C96H112B4F4N24O8. The Balaban J connectivity index is 0.000000268. The second-order valence-electron chi connectivity index (χ2n) is 28.7. The third kappa shape index (κ3) is 44.1. The Bertz CT molecular complexity index is 5140. The van der Waals surface area contributed by atoms with E-state index in [1.54, 1.807) is 0 Å². The lowest BCUT2D eigenvalue weighted by molar-refractivity contribution is -0.677. The van der Waals surface area contributed by atoms with Crippen molar-refractivity contribution >= 4 is 79.3 Å². The quantitative estimate of drug-likeness (QED) is 0.0598. The van der Waals surface area contributed by atoms with Gasteiger partial charge in [-0.2, -0.15) is 0 Å². The number of aromatic nitrogens is 16. The third-order valence-corrected chi connectivity index (χ3v) is 19.2. The largest absolute Gasteiger partial charge is 0.867 e. The number of benzene rings is 8. The SMILES string of the molecule is Cc1n(N=Cc2ccccc2)cc[n+]1C.Cc1n(N=Cc2ccccc2)cc[n+]1C.Cc1n(N=Cc2ccccc2)cc[n+]1C.Cc1n(N=Cc2ccccc2)cc[n+]1C.Cc1n(N=Cc2ccccc2)cc[n+]1C.Cc1n(N=Cc2ccccc2)cc[n+]1C.Cc1n(N=Cc2ccccc2)cc[n+]1C.Cc1n(N=Cc2ccccc2)cc[n+]1C.[O-]B([O-])F.[O-]B([O-])F.[O-]B([O-])F.[O-]B([O-])F. The Morgan fingerprint density at radius 3 is 0.331 bits per heavy atom. The molecule has 16 rings (SSSR count). The van der Waals surface area contributed by atoms with E-state index in [1.807, 2.05) is 577 Å². The summed E-state index contributed by atoms with van der Waals surface area (Å²) >= 11 is 0. The molecule has 0 saturated heterocycles. The van der Waals surface area contributed by atoms with Crippen molar-refractivity contribution in [1.29, 1.82) is 0 Å². The van der Waals surface area contributed by atoms with E-state index >= 15 is 0 Å². The summed E-state index contributed by atoms with van der Waals surface area (Å²) in [4.78, 5) is 0. The van der Waals surface area contributed by atoms with E-state index in [0.29, 0.717) is 0 Å². The van der Waals surface area contributed by atoms with Crippen molar-refractivity contribution in [2.75, 3.05) is 0 Å². The minimum Gasteiger partial charge on any atom is -0.867 e. The number of halogens is 4. The van der Waals surface area contributed by atoms with Crippen molar-refractivity contribution in [3.63, 3.8) is 0 Å². The first-order chi connectivity index (χ1) is 65.1. The zero-order valence-corrected chi connectivity index (χ0v) is 78.8. The number of hydrogen-bond donors (Lipinski definition) is 0. The van der Waals surface area contributed by atoms with Gasteiger partial charge in [0, 0.05) is 55.4 Å². The average Bonchev–Trinajstić information content (AvgIpc) is 1.78. The second-order valence-corrected chi connectivity index (χ2v) is 28.7. The maximum atomic E-state index is 9.89. The predicted octanol–water partition coefficient (Wildman–Crippen LogP) is 2.67. The summed E-state index contributed by atoms with van der Waals surface area (Å²) in [6.45, 7) is 16.2. The van der Waals surface area contributed by atoms with Crippen LogP contribution in [0.1, 0.15) is 91.1 Å². The third-order valence-electron chi connectivity index (χ3n) is 19.2. The van der Waals surface area contributed by atoms with Gasteiger partial charge in [-0.15, -0.1) is 37.4 Å². The molecule has 8 aromatic heterocycles. The molecule has 0 radical (unpaired) electrons. The van der Waals surface area contributed by atoms with Gasteiger partial charge in [-0.1, -0.05) is 283 Å². The van der Waals surface area contributed by atoms with E-state index in [2.05, 4.69) is 40.8 Å². The highest BCUT2D eigenvalue weighted by Crippen LogP contribution is 2.06. The molecule has 0 aliphatic carbocycles. The Hall–Kier alpha value is -15.5. The summed E-state index contributed by atoms with van der Waals surface area (Å²) in [6, 6.07) is 80.5. The fraction of sp³-hybridized carbons (Fsp3) is 0.167. The molecule has 8 aromatic carbocycles. The molecule has 0 fully saturated rings. The normalized spacial score (nSPS) is 10.6. The van der Waals surface area contributed by atoms with Crippen LogP contribution in [-0.2, 0) is 56.4 Å². The van der Waals surface area contributed by atoms with Crippen molar-refractivity contribution in [1.82, 2.24) is 37.4 Å². The number of nitrogens with zero attached hydrogens (tertiary/aromatic N) is 24. The second kappa shape index (κ2) is 62.0. The van der Waals surface area contributed by atoms with Crippen molar-refractivity contribution in [2.24, 2.45) is 97.2 Å². The van der Waals surface area contributed by atoms with E-state index < -0.39 is 29.6 Å². The van der Waals surface area contributed by atoms with Crippen LogP contribution in [-0.4, -0.2) is 117 Å². The topological polar surface area (TPSA) is 354 Å². The Morgan fingerprint density at radius 2 is 0.265 bits per heavy atom. The van der Waals surface area contributed by atoms with E-state index in [0.717, 1.165) is 91.1 Å². The van der Waals surface area contributed by atoms with E-state index in [4.69, 9.17) is 40.2 Å². The van der Waals surface area contributed by atoms with Gasteiger partial charge in [-0.05, 0) is 44.5 Å². The van der Waals surface area contributed by atoms with Crippen LogP contribution in [0.2, 0.25) is 0 Å². The summed E-state index contributed by atoms with van der Waals surface area (Å²) < 4.78 is 70.6. The first-order valence-electron chi connectivity index (χ1n) is 42.0. The summed E-state index contributed by atoms with van der Waals surface area (Å²) in [5, 5.41) is 101. The number of rotatable bonds is 16. The molecule has 0 spiro atoms. The van der Waals surface area contributed by atoms with E-state index in [9.17, 15) is 17.3 Å². The molecule has 704 valence electrons. The van der Waals surface area contributed by atoms with Crippen LogP contribution in [0.3, 0.4) is 0 Å². The van der Waals surface area contributed by atoms with Crippen molar-refractivity contribution in [3.05, 3.63) is 433 Å². The lowest BCUT2D eigenvalue weighted by Crippen LogP contribution is -2.39. The molecule has 16 aromatic rings. The molecule has 0 aliphatic rings. The van der Waals surface area contributed by atoms with Crippen molar-refractivity contribution in [3.8, 4) is 0 Å². The highest BCUT2D eigenvalue weighted by atomic mass is 19.1. The lowest BCUT2D eigenvalue weighted by Gasteiger charge is -2.09. The molecule has 0 unspecified atom stereocenters. The number of hydrogen-bond acceptors (Lipinski definition) is 16. The highest BCUT2D eigenvalue weighted by Gasteiger charge is 2.13. The van der Waals surface area contributed by atoms with Crippen LogP contribution in [0.5, 0.6) is 0 Å². The van der Waals surface area contributed by atoms with Gasteiger partial charge < -0.3 is 57.5 Å². The highest BCUT2D eigenvalue weighted by molar-refractivity contribution is 6.27. The predicted molar refractivity (Wildman–Crippen MR) is 506 cm³/mol. The molecule has 0 bridgehead atoms. The molecule has 32 nitrogen and oxygen atoms in total. The van der Waals surface area contributed by atoms with Gasteiger partial charge >= 0.3 is 0 Å². The first kappa shape index (κ1) is 111. The van der Waals surface area contributed by atoms with Gasteiger partial charge in [0.25, 0.3) is 46.6 Å². The first-order valence-corrected chi connectivity index (χ1v) is 42.0. The zero-order chi connectivity index (χ0) is 99.7. The minimum atomic E-state index is -3.17. The average molecular weight is 1850 g/mol. The van der Waals surface area contributed by atoms with Gasteiger partial charge in [0.15, 0.2) is 49.6 Å². The van der Waals surface area contributed by atoms with Crippen LogP contribution in [0.4, 0.5) is 17.3 Å². The van der Waals surface area contributed by atoms with Crippen molar-refractivity contribution in [2.45, 2.75) is 55.4 Å². The number of imidazole rings is 8. The van der Waals surface area contributed by atoms with Gasteiger partial charge in [0.05, 0.1) is 106 Å². The van der Waals surface area contributed by atoms with Gasteiger partial charge in [-0.25, -0.2) is 36.5 Å². The molecule has 0 saturated carbocycles. The fourth-order valence-electron chi connectivity index (χ4n) is 10.6. The number of aryl methyl sites for hydroxylation is 8. The maximum Gasteiger partial charge on any atom is 0.278 e. The van der Waals surface area contributed by atoms with Gasteiger partial charge in [-0.3, -0.25) is 0 Å². The summed E-state index contributed by atoms with van der Waals surface area (Å²) in [7, 11) is 3.36. The fourth-order valence-corrected chi connectivity index (χ4v) is 10.6. The lowest BCUT2D eigenvalue weighted by atomic mass is 10.2. The monoisotopic (exact) mass is 1850 g/mol. The minimum absolute atomic E-state index is 1.10. The van der Waals surface area contributed by atoms with Crippen LogP contribution >= 0.6 is 0 Å². The van der Waals surface area contributed by atoms with Crippen molar-refractivity contribution < 1.29 is 94.0 Å². The molecule has 136 heavy (non-hydrogen) atoms. The molecule has 0 aliphatic heterocycles. The molecule has 0 amide bonds. The standard InChI is InChI=1S/8C12H14N3.4BFO2/c8*1-11-14(2)8-9-15(11)13-10-12-6-4-3-5-7-12;4*2-1(3)4/h8*3-10H,1-2H3;;;;/q8*+1;4*-2. The van der Waals surface area contributed by atoms with Gasteiger partial charge in [0.2, 0.25) is 0 Å². The maximum absolute atomic E-state index is 9.89. The summed E-state index contributed by atoms with van der Waals surface area (Å²) in [6.07, 6.45) is 46.2. The Morgan fingerprint density at radius 1 is 0.184 bits per heavy atom. The van der Waals surface area contributed by atoms with Crippen LogP contribution in [0.15, 0.2) is 383 Å².